The summed E-state index contributed by atoms with van der Waals surface area (Å²) in [5.74, 6) is 0. The summed E-state index contributed by atoms with van der Waals surface area (Å²) in [6, 6.07) is 8.19. The van der Waals surface area contributed by atoms with Crippen LogP contribution in [0.4, 0.5) is 0 Å². The van der Waals surface area contributed by atoms with Crippen LogP contribution in [0.5, 0.6) is 0 Å². The molecular formula is C15H16Cl3NS. The Labute approximate surface area is 138 Å². The van der Waals surface area contributed by atoms with Gasteiger partial charge >= 0.3 is 0 Å². The molecular weight excluding hydrogens is 333 g/mol. The summed E-state index contributed by atoms with van der Waals surface area (Å²) in [5, 5.41) is 4.24. The molecule has 2 aromatic rings. The zero-order valence-electron chi connectivity index (χ0n) is 11.3. The highest BCUT2D eigenvalue weighted by Crippen LogP contribution is 2.36. The Bertz CT molecular complexity index is 595. The monoisotopic (exact) mass is 347 g/mol. The molecule has 20 heavy (non-hydrogen) atoms. The maximum absolute atomic E-state index is 6.32. The number of hydrogen-bond donors (Lipinski definition) is 1. The molecule has 5 heteroatoms. The van der Waals surface area contributed by atoms with E-state index in [0.717, 1.165) is 39.0 Å². The van der Waals surface area contributed by atoms with Gasteiger partial charge in [0.2, 0.25) is 0 Å². The minimum absolute atomic E-state index is 0.122. The SMILES string of the molecule is CCNC(Cc1ccc(C)cc1Cl)c1cc(Cl)sc1Cl. The van der Waals surface area contributed by atoms with Gasteiger partial charge in [0.05, 0.1) is 8.67 Å². The van der Waals surface area contributed by atoms with Crippen LogP contribution in [0.15, 0.2) is 24.3 Å². The minimum Gasteiger partial charge on any atom is -0.310 e. The first-order valence-corrected chi connectivity index (χ1v) is 8.39. The molecule has 1 aromatic heterocycles. The molecule has 1 unspecified atom stereocenters. The van der Waals surface area contributed by atoms with Crippen LogP contribution >= 0.6 is 46.1 Å². The minimum atomic E-state index is 0.122. The van der Waals surface area contributed by atoms with Crippen molar-refractivity contribution in [2.24, 2.45) is 0 Å². The summed E-state index contributed by atoms with van der Waals surface area (Å²) in [4.78, 5) is 0. The van der Waals surface area contributed by atoms with Crippen molar-refractivity contribution < 1.29 is 0 Å². The van der Waals surface area contributed by atoms with Crippen LogP contribution in [0.3, 0.4) is 0 Å². The largest absolute Gasteiger partial charge is 0.310 e. The van der Waals surface area contributed by atoms with E-state index in [9.17, 15) is 0 Å². The molecule has 0 spiro atoms. The van der Waals surface area contributed by atoms with Crippen molar-refractivity contribution in [2.45, 2.75) is 26.3 Å². The Morgan fingerprint density at radius 3 is 2.50 bits per heavy atom. The fraction of sp³-hybridized carbons (Fsp3) is 0.333. The molecule has 0 saturated carbocycles. The fourth-order valence-electron chi connectivity index (χ4n) is 2.17. The average molecular weight is 349 g/mol. The van der Waals surface area contributed by atoms with E-state index >= 15 is 0 Å². The van der Waals surface area contributed by atoms with E-state index in [1.807, 2.05) is 19.1 Å². The number of nitrogens with one attached hydrogen (secondary N) is 1. The second-order valence-corrected chi connectivity index (χ2v) is 7.38. The van der Waals surface area contributed by atoms with Crippen molar-refractivity contribution in [1.29, 1.82) is 0 Å². The summed E-state index contributed by atoms with van der Waals surface area (Å²) in [5.41, 5.74) is 3.32. The first-order chi connectivity index (χ1) is 9.51. The van der Waals surface area contributed by atoms with Gasteiger partial charge in [-0.15, -0.1) is 11.3 Å². The molecule has 1 N–H and O–H groups in total. The third-order valence-corrected chi connectivity index (χ3v) is 5.01. The van der Waals surface area contributed by atoms with Crippen molar-refractivity contribution >= 4 is 46.1 Å². The molecule has 0 bridgehead atoms. The number of benzene rings is 1. The van der Waals surface area contributed by atoms with Crippen LogP contribution in [0.2, 0.25) is 13.7 Å². The summed E-state index contributed by atoms with van der Waals surface area (Å²) >= 11 is 20.0. The Morgan fingerprint density at radius 1 is 1.20 bits per heavy atom. The molecule has 1 heterocycles. The van der Waals surface area contributed by atoms with Crippen molar-refractivity contribution in [1.82, 2.24) is 5.32 Å². The molecule has 1 nitrogen and oxygen atoms in total. The van der Waals surface area contributed by atoms with E-state index in [1.54, 1.807) is 0 Å². The van der Waals surface area contributed by atoms with Gasteiger partial charge in [0.25, 0.3) is 0 Å². The van der Waals surface area contributed by atoms with Gasteiger partial charge in [-0.05, 0) is 43.1 Å². The molecule has 0 fully saturated rings. The van der Waals surface area contributed by atoms with E-state index in [4.69, 9.17) is 34.8 Å². The van der Waals surface area contributed by atoms with Gasteiger partial charge in [0.15, 0.2) is 0 Å². The lowest BCUT2D eigenvalue weighted by Gasteiger charge is -2.18. The lowest BCUT2D eigenvalue weighted by atomic mass is 10.00. The fourth-order valence-corrected chi connectivity index (χ4v) is 4.06. The lowest BCUT2D eigenvalue weighted by molar-refractivity contribution is 0.551. The van der Waals surface area contributed by atoms with E-state index in [-0.39, 0.29) is 6.04 Å². The van der Waals surface area contributed by atoms with Crippen LogP contribution < -0.4 is 5.32 Å². The zero-order chi connectivity index (χ0) is 14.7. The van der Waals surface area contributed by atoms with Gasteiger partial charge in [0.1, 0.15) is 0 Å². The standard InChI is InChI=1S/C15H16Cl3NS/c1-3-19-13(11-8-14(17)20-15(11)18)7-10-5-4-9(2)6-12(10)16/h4-6,8,13,19H,3,7H2,1-2H3. The first kappa shape index (κ1) is 16.1. The third-order valence-electron chi connectivity index (χ3n) is 3.14. The highest BCUT2D eigenvalue weighted by molar-refractivity contribution is 7.20. The molecule has 1 atom stereocenters. The van der Waals surface area contributed by atoms with Crippen LogP contribution in [0, 0.1) is 6.92 Å². The van der Waals surface area contributed by atoms with Gasteiger partial charge < -0.3 is 5.32 Å². The highest BCUT2D eigenvalue weighted by Gasteiger charge is 2.18. The lowest BCUT2D eigenvalue weighted by Crippen LogP contribution is -2.22. The zero-order valence-corrected chi connectivity index (χ0v) is 14.4. The molecule has 0 aliphatic rings. The second kappa shape index (κ2) is 7.15. The van der Waals surface area contributed by atoms with Gasteiger partial charge in [-0.3, -0.25) is 0 Å². The van der Waals surface area contributed by atoms with Gasteiger partial charge in [-0.1, -0.05) is 53.9 Å². The molecule has 0 saturated heterocycles. The number of aryl methyl sites for hydroxylation is 1. The van der Waals surface area contributed by atoms with Crippen LogP contribution in [0.25, 0.3) is 0 Å². The number of halogens is 3. The highest BCUT2D eigenvalue weighted by atomic mass is 35.5. The second-order valence-electron chi connectivity index (χ2n) is 4.69. The van der Waals surface area contributed by atoms with Crippen LogP contribution in [0.1, 0.15) is 29.7 Å². The quantitative estimate of drug-likeness (QED) is 0.708. The number of likely N-dealkylation sites (N-methyl/N-ethyl adjacent to an activating group) is 1. The first-order valence-electron chi connectivity index (χ1n) is 6.44. The van der Waals surface area contributed by atoms with Gasteiger partial charge in [0, 0.05) is 16.6 Å². The molecule has 108 valence electrons. The Morgan fingerprint density at radius 2 is 1.95 bits per heavy atom. The van der Waals surface area contributed by atoms with E-state index in [1.165, 1.54) is 11.3 Å². The summed E-state index contributed by atoms with van der Waals surface area (Å²) in [6.07, 6.45) is 0.791. The van der Waals surface area contributed by atoms with Crippen LogP contribution in [-0.4, -0.2) is 6.54 Å². The van der Waals surface area contributed by atoms with Gasteiger partial charge in [-0.2, -0.15) is 0 Å². The van der Waals surface area contributed by atoms with Crippen molar-refractivity contribution in [2.75, 3.05) is 6.54 Å². The molecule has 0 radical (unpaired) electrons. The summed E-state index contributed by atoms with van der Waals surface area (Å²) < 4.78 is 1.45. The normalized spacial score (nSPS) is 12.7. The average Bonchev–Trinajstić information content (AvgIpc) is 2.71. The van der Waals surface area contributed by atoms with Crippen LogP contribution in [-0.2, 0) is 6.42 Å². The predicted molar refractivity (Wildman–Crippen MR) is 90.6 cm³/mol. The Hall–Kier alpha value is -0.250. The number of hydrogen-bond acceptors (Lipinski definition) is 2. The maximum atomic E-state index is 6.32. The molecule has 0 aliphatic heterocycles. The van der Waals surface area contributed by atoms with E-state index < -0.39 is 0 Å². The van der Waals surface area contributed by atoms with Crippen molar-refractivity contribution in [3.05, 3.63) is 54.7 Å². The molecule has 2 rings (SSSR count). The smallest absolute Gasteiger partial charge is 0.0992 e. The number of thiophene rings is 1. The van der Waals surface area contributed by atoms with Gasteiger partial charge in [-0.25, -0.2) is 0 Å². The predicted octanol–water partition coefficient (Wildman–Crippen LogP) is 5.91. The Balaban J connectivity index is 2.27. The van der Waals surface area contributed by atoms with Crippen molar-refractivity contribution in [3.8, 4) is 0 Å². The van der Waals surface area contributed by atoms with E-state index in [0.29, 0.717) is 4.34 Å². The van der Waals surface area contributed by atoms with E-state index in [2.05, 4.69) is 24.4 Å². The maximum Gasteiger partial charge on any atom is 0.0992 e. The topological polar surface area (TPSA) is 12.0 Å². The number of rotatable bonds is 5. The third kappa shape index (κ3) is 3.90. The Kier molecular flexibility index (Phi) is 5.76. The summed E-state index contributed by atoms with van der Waals surface area (Å²) in [6.45, 7) is 4.97. The van der Waals surface area contributed by atoms with Crippen molar-refractivity contribution in [3.63, 3.8) is 0 Å². The summed E-state index contributed by atoms with van der Waals surface area (Å²) in [7, 11) is 0. The molecule has 1 aromatic carbocycles. The molecule has 0 aliphatic carbocycles. The molecule has 0 amide bonds.